The molecule has 1 amide bonds. The van der Waals surface area contributed by atoms with Crippen LogP contribution < -0.4 is 4.74 Å². The average Bonchev–Trinajstić information content (AvgIpc) is 2.55. The minimum atomic E-state index is -0.252. The number of rotatable bonds is 9. The number of nitrogens with zero attached hydrogens (tertiary/aromatic N) is 2. The number of aromatic nitrogens is 1. The number of alkyl halides is 1. The third-order valence-electron chi connectivity index (χ3n) is 3.40. The van der Waals surface area contributed by atoms with Gasteiger partial charge in [-0.05, 0) is 31.2 Å². The second-order valence-electron chi connectivity index (χ2n) is 6.32. The van der Waals surface area contributed by atoms with Crippen molar-refractivity contribution in [2.75, 3.05) is 27.4 Å². The highest BCUT2D eigenvalue weighted by atomic mass is 35.5. The maximum absolute atomic E-state index is 12.1. The number of hydrogen-bond acceptors (Lipinski definition) is 3. The first-order chi connectivity index (χ1) is 11.9. The lowest BCUT2D eigenvalue weighted by molar-refractivity contribution is 0.0827. The van der Waals surface area contributed by atoms with E-state index in [1.807, 2.05) is 0 Å². The van der Waals surface area contributed by atoms with Crippen molar-refractivity contribution < 1.29 is 13.9 Å². The van der Waals surface area contributed by atoms with Crippen molar-refractivity contribution in [3.63, 3.8) is 0 Å². The molecular weight excluding hydrogens is 343 g/mol. The van der Waals surface area contributed by atoms with E-state index in [2.05, 4.69) is 25.8 Å². The number of unbranched alkanes of at least 4 members (excludes halogenated alkanes) is 1. The van der Waals surface area contributed by atoms with E-state index >= 15 is 0 Å². The highest BCUT2D eigenvalue weighted by molar-refractivity contribution is 6.32. The number of ether oxygens (including phenoxy) is 1. The summed E-state index contributed by atoms with van der Waals surface area (Å²) in [4.78, 5) is 17.4. The Bertz CT molecular complexity index is 498. The quantitative estimate of drug-likeness (QED) is 0.429. The van der Waals surface area contributed by atoms with E-state index in [0.717, 1.165) is 19.3 Å². The minimum Gasteiger partial charge on any atom is -0.478 e. The zero-order valence-electron chi connectivity index (χ0n) is 16.1. The molecule has 1 unspecified atom stereocenters. The van der Waals surface area contributed by atoms with Gasteiger partial charge in [-0.15, -0.1) is 0 Å². The van der Waals surface area contributed by atoms with Gasteiger partial charge in [0.1, 0.15) is 5.15 Å². The van der Waals surface area contributed by atoms with Gasteiger partial charge in [0.2, 0.25) is 5.88 Å². The Labute approximate surface area is 156 Å². The molecule has 1 rings (SSSR count). The lowest BCUT2D eigenvalue weighted by Gasteiger charge is -2.12. The van der Waals surface area contributed by atoms with Crippen LogP contribution in [0, 0.1) is 5.92 Å². The Hall–Kier alpha value is -1.36. The molecule has 0 radical (unpaired) electrons. The Kier molecular flexibility index (Phi) is 13.1. The number of amides is 1. The lowest BCUT2D eigenvalue weighted by atomic mass is 10.0. The van der Waals surface area contributed by atoms with Crippen molar-refractivity contribution >= 4 is 17.5 Å². The van der Waals surface area contributed by atoms with Crippen molar-refractivity contribution in [2.45, 2.75) is 52.9 Å². The van der Waals surface area contributed by atoms with Crippen LogP contribution >= 0.6 is 11.6 Å². The van der Waals surface area contributed by atoms with E-state index in [4.69, 9.17) is 16.3 Å². The average molecular weight is 375 g/mol. The predicted molar refractivity (Wildman–Crippen MR) is 102 cm³/mol. The third-order valence-corrected chi connectivity index (χ3v) is 3.69. The van der Waals surface area contributed by atoms with Gasteiger partial charge in [0.15, 0.2) is 0 Å². The molecule has 1 aromatic heterocycles. The van der Waals surface area contributed by atoms with Crippen molar-refractivity contribution in [1.29, 1.82) is 0 Å². The second-order valence-corrected chi connectivity index (χ2v) is 6.68. The summed E-state index contributed by atoms with van der Waals surface area (Å²) < 4.78 is 17.7. The summed E-state index contributed by atoms with van der Waals surface area (Å²) in [6, 6.07) is 3.27. The molecule has 1 atom stereocenters. The Morgan fingerprint density at radius 3 is 2.44 bits per heavy atom. The summed E-state index contributed by atoms with van der Waals surface area (Å²) in [5.74, 6) is 0.636. The largest absolute Gasteiger partial charge is 0.478 e. The standard InChI is InChI=1S/C16H24ClFN2O2.C3H8/c1-12(9-10-18)6-4-5-11-22-14-8-7-13(15(17)19-14)16(21)20(2)3;1-3-2/h7-8,12H,4-6,9-11H2,1-3H3;3H2,1-2H3. The molecule has 0 bridgehead atoms. The number of carbonyl (C=O) groups is 1. The van der Waals surface area contributed by atoms with Gasteiger partial charge in [0, 0.05) is 20.2 Å². The molecule has 0 saturated heterocycles. The number of hydrogen-bond donors (Lipinski definition) is 0. The normalized spacial score (nSPS) is 11.3. The first-order valence-electron chi connectivity index (χ1n) is 8.94. The smallest absolute Gasteiger partial charge is 0.256 e. The van der Waals surface area contributed by atoms with E-state index in [1.54, 1.807) is 26.2 Å². The predicted octanol–water partition coefficient (Wildman–Crippen LogP) is 5.40. The van der Waals surface area contributed by atoms with Crippen LogP contribution in [-0.4, -0.2) is 43.2 Å². The molecular formula is C19H32ClFN2O2. The van der Waals surface area contributed by atoms with E-state index < -0.39 is 0 Å². The minimum absolute atomic E-state index is 0.146. The van der Waals surface area contributed by atoms with Crippen LogP contribution in [0.25, 0.3) is 0 Å². The van der Waals surface area contributed by atoms with Gasteiger partial charge in [0.05, 0.1) is 18.8 Å². The molecule has 4 nitrogen and oxygen atoms in total. The Balaban J connectivity index is 0.00000178. The van der Waals surface area contributed by atoms with Crippen molar-refractivity contribution in [3.8, 4) is 5.88 Å². The van der Waals surface area contributed by atoms with Crippen LogP contribution in [0.4, 0.5) is 4.39 Å². The SMILES string of the molecule is CC(CCF)CCCCOc1ccc(C(=O)N(C)C)c(Cl)n1.CCC. The maximum atomic E-state index is 12.1. The topological polar surface area (TPSA) is 42.4 Å². The summed E-state index contributed by atoms with van der Waals surface area (Å²) in [6.45, 7) is 6.59. The molecule has 0 aliphatic carbocycles. The molecule has 6 heteroatoms. The molecule has 144 valence electrons. The molecule has 0 N–H and O–H groups in total. The number of halogens is 2. The molecule has 25 heavy (non-hydrogen) atoms. The summed E-state index contributed by atoms with van der Waals surface area (Å²) in [5, 5.41) is 0.146. The molecule has 1 aromatic rings. The monoisotopic (exact) mass is 374 g/mol. The highest BCUT2D eigenvalue weighted by Gasteiger charge is 2.14. The summed E-state index contributed by atoms with van der Waals surface area (Å²) in [6.07, 6.45) is 4.75. The van der Waals surface area contributed by atoms with Crippen LogP contribution in [0.15, 0.2) is 12.1 Å². The summed E-state index contributed by atoms with van der Waals surface area (Å²) >= 11 is 6.01. The van der Waals surface area contributed by atoms with Crippen LogP contribution in [0.1, 0.15) is 63.2 Å². The first kappa shape index (κ1) is 23.6. The molecule has 0 aromatic carbocycles. The number of pyridine rings is 1. The lowest BCUT2D eigenvalue weighted by Crippen LogP contribution is -2.22. The van der Waals surface area contributed by atoms with Gasteiger partial charge in [0.25, 0.3) is 5.91 Å². The molecule has 0 fully saturated rings. The second kappa shape index (κ2) is 13.9. The van der Waals surface area contributed by atoms with E-state index in [-0.39, 0.29) is 17.7 Å². The maximum Gasteiger partial charge on any atom is 0.256 e. The van der Waals surface area contributed by atoms with Crippen LogP contribution in [0.3, 0.4) is 0 Å². The Morgan fingerprint density at radius 1 is 1.28 bits per heavy atom. The van der Waals surface area contributed by atoms with Gasteiger partial charge >= 0.3 is 0 Å². The van der Waals surface area contributed by atoms with E-state index in [1.165, 1.54) is 11.3 Å². The van der Waals surface area contributed by atoms with Crippen LogP contribution in [0.5, 0.6) is 5.88 Å². The Morgan fingerprint density at radius 2 is 1.92 bits per heavy atom. The van der Waals surface area contributed by atoms with Crippen molar-refractivity contribution in [1.82, 2.24) is 9.88 Å². The van der Waals surface area contributed by atoms with Gasteiger partial charge in [-0.25, -0.2) is 4.98 Å². The van der Waals surface area contributed by atoms with Crippen molar-refractivity contribution in [3.05, 3.63) is 22.8 Å². The molecule has 0 spiro atoms. The van der Waals surface area contributed by atoms with Gasteiger partial charge in [-0.3, -0.25) is 9.18 Å². The zero-order valence-corrected chi connectivity index (χ0v) is 16.9. The fourth-order valence-electron chi connectivity index (χ4n) is 2.00. The molecule has 1 heterocycles. The van der Waals surface area contributed by atoms with Crippen LogP contribution in [0.2, 0.25) is 5.15 Å². The van der Waals surface area contributed by atoms with Gasteiger partial charge in [-0.1, -0.05) is 45.2 Å². The zero-order chi connectivity index (χ0) is 19.2. The number of carbonyl (C=O) groups excluding carboxylic acids is 1. The first-order valence-corrected chi connectivity index (χ1v) is 9.32. The summed E-state index contributed by atoms with van der Waals surface area (Å²) in [7, 11) is 3.32. The van der Waals surface area contributed by atoms with Gasteiger partial charge in [-0.2, -0.15) is 0 Å². The van der Waals surface area contributed by atoms with Gasteiger partial charge < -0.3 is 9.64 Å². The fourth-order valence-corrected chi connectivity index (χ4v) is 2.23. The van der Waals surface area contributed by atoms with Crippen molar-refractivity contribution in [2.24, 2.45) is 5.92 Å². The summed E-state index contributed by atoms with van der Waals surface area (Å²) in [5.41, 5.74) is 0.360. The molecule has 0 aliphatic heterocycles. The van der Waals surface area contributed by atoms with E-state index in [9.17, 15) is 9.18 Å². The van der Waals surface area contributed by atoms with Crippen LogP contribution in [-0.2, 0) is 0 Å². The van der Waals surface area contributed by atoms with E-state index in [0.29, 0.717) is 30.4 Å². The third kappa shape index (κ3) is 10.3. The highest BCUT2D eigenvalue weighted by Crippen LogP contribution is 2.19. The molecule has 0 saturated carbocycles. The fraction of sp³-hybridized carbons (Fsp3) is 0.684. The molecule has 0 aliphatic rings.